The van der Waals surface area contributed by atoms with Crippen LogP contribution >= 0.6 is 0 Å². The Balaban J connectivity index is 1.95. The van der Waals surface area contributed by atoms with E-state index in [2.05, 4.69) is 5.32 Å². The third kappa shape index (κ3) is 4.68. The molecule has 0 aliphatic carbocycles. The highest BCUT2D eigenvalue weighted by molar-refractivity contribution is 5.81. The Kier molecular flexibility index (Phi) is 5.92. The first-order valence-corrected chi connectivity index (χ1v) is 7.67. The SMILES string of the molecule is CC[C@@H](NC(=O)COc1ccccc1C=O)c1ccc(C)cc1. The van der Waals surface area contributed by atoms with Gasteiger partial charge in [-0.2, -0.15) is 0 Å². The average molecular weight is 311 g/mol. The van der Waals surface area contributed by atoms with Crippen LogP contribution in [0.3, 0.4) is 0 Å². The Hall–Kier alpha value is -2.62. The number of carbonyl (C=O) groups excluding carboxylic acids is 2. The fourth-order valence-electron chi connectivity index (χ4n) is 2.31. The van der Waals surface area contributed by atoms with E-state index in [1.165, 1.54) is 5.56 Å². The van der Waals surface area contributed by atoms with E-state index in [9.17, 15) is 9.59 Å². The molecule has 0 aliphatic rings. The molecule has 1 N–H and O–H groups in total. The minimum Gasteiger partial charge on any atom is -0.483 e. The van der Waals surface area contributed by atoms with Gasteiger partial charge in [0.15, 0.2) is 12.9 Å². The van der Waals surface area contributed by atoms with Crippen LogP contribution in [0.2, 0.25) is 0 Å². The maximum atomic E-state index is 12.1. The van der Waals surface area contributed by atoms with Crippen LogP contribution < -0.4 is 10.1 Å². The molecule has 0 saturated carbocycles. The summed E-state index contributed by atoms with van der Waals surface area (Å²) in [6, 6.07) is 14.9. The molecule has 0 aromatic heterocycles. The van der Waals surface area contributed by atoms with E-state index in [4.69, 9.17) is 4.74 Å². The summed E-state index contributed by atoms with van der Waals surface area (Å²) in [4.78, 5) is 23.0. The van der Waals surface area contributed by atoms with Crippen LogP contribution in [0.25, 0.3) is 0 Å². The lowest BCUT2D eigenvalue weighted by Crippen LogP contribution is -2.32. The maximum absolute atomic E-state index is 12.1. The predicted octanol–water partition coefficient (Wildman–Crippen LogP) is 3.45. The third-order valence-electron chi connectivity index (χ3n) is 3.63. The monoisotopic (exact) mass is 311 g/mol. The zero-order valence-electron chi connectivity index (χ0n) is 13.4. The Morgan fingerprint density at radius 3 is 2.52 bits per heavy atom. The molecule has 2 rings (SSSR count). The topological polar surface area (TPSA) is 55.4 Å². The van der Waals surface area contributed by atoms with Gasteiger partial charge in [-0.05, 0) is 31.0 Å². The fourth-order valence-corrected chi connectivity index (χ4v) is 2.31. The van der Waals surface area contributed by atoms with Gasteiger partial charge in [0.25, 0.3) is 5.91 Å². The zero-order valence-corrected chi connectivity index (χ0v) is 13.4. The molecule has 0 bridgehead atoms. The Bertz CT molecular complexity index is 665. The van der Waals surface area contributed by atoms with Gasteiger partial charge in [-0.3, -0.25) is 9.59 Å². The largest absolute Gasteiger partial charge is 0.483 e. The molecule has 4 nitrogen and oxygen atoms in total. The zero-order chi connectivity index (χ0) is 16.7. The third-order valence-corrected chi connectivity index (χ3v) is 3.63. The van der Waals surface area contributed by atoms with Crippen LogP contribution in [0.4, 0.5) is 0 Å². The highest BCUT2D eigenvalue weighted by atomic mass is 16.5. The van der Waals surface area contributed by atoms with Gasteiger partial charge in [0, 0.05) is 0 Å². The number of para-hydroxylation sites is 1. The summed E-state index contributed by atoms with van der Waals surface area (Å²) < 4.78 is 5.45. The minimum atomic E-state index is -0.210. The molecular weight excluding hydrogens is 290 g/mol. The summed E-state index contributed by atoms with van der Waals surface area (Å²) in [6.45, 7) is 3.93. The molecule has 0 spiro atoms. The number of carbonyl (C=O) groups is 2. The first kappa shape index (κ1) is 16.7. The summed E-state index contributed by atoms with van der Waals surface area (Å²) in [5.41, 5.74) is 2.69. The average Bonchev–Trinajstić information content (AvgIpc) is 2.59. The van der Waals surface area contributed by atoms with Crippen molar-refractivity contribution in [2.45, 2.75) is 26.3 Å². The summed E-state index contributed by atoms with van der Waals surface area (Å²) in [5.74, 6) is 0.208. The van der Waals surface area contributed by atoms with Crippen LogP contribution in [0, 0.1) is 6.92 Å². The number of ether oxygens (including phenoxy) is 1. The van der Waals surface area contributed by atoms with E-state index in [1.807, 2.05) is 38.1 Å². The van der Waals surface area contributed by atoms with Crippen LogP contribution in [0.1, 0.15) is 40.9 Å². The first-order chi connectivity index (χ1) is 11.1. The van der Waals surface area contributed by atoms with Crippen molar-refractivity contribution in [3.05, 3.63) is 65.2 Å². The van der Waals surface area contributed by atoms with Gasteiger partial charge >= 0.3 is 0 Å². The molecule has 1 amide bonds. The normalized spacial score (nSPS) is 11.6. The number of rotatable bonds is 7. The van der Waals surface area contributed by atoms with Crippen molar-refractivity contribution in [3.63, 3.8) is 0 Å². The molecule has 23 heavy (non-hydrogen) atoms. The summed E-state index contributed by atoms with van der Waals surface area (Å²) in [7, 11) is 0. The van der Waals surface area contributed by atoms with E-state index >= 15 is 0 Å². The first-order valence-electron chi connectivity index (χ1n) is 7.67. The summed E-state index contributed by atoms with van der Waals surface area (Å²) >= 11 is 0. The predicted molar refractivity (Wildman–Crippen MR) is 89.7 cm³/mol. The molecule has 0 heterocycles. The number of aryl methyl sites for hydroxylation is 1. The number of hydrogen-bond donors (Lipinski definition) is 1. The van der Waals surface area contributed by atoms with E-state index in [1.54, 1.807) is 24.3 Å². The van der Waals surface area contributed by atoms with Crippen molar-refractivity contribution in [3.8, 4) is 5.75 Å². The number of nitrogens with one attached hydrogen (secondary N) is 1. The summed E-state index contributed by atoms with van der Waals surface area (Å²) in [6.07, 6.45) is 1.51. The smallest absolute Gasteiger partial charge is 0.258 e. The second kappa shape index (κ2) is 8.13. The molecule has 1 atom stereocenters. The molecule has 0 aliphatic heterocycles. The molecule has 0 saturated heterocycles. The van der Waals surface area contributed by atoms with Crippen molar-refractivity contribution in [1.29, 1.82) is 0 Å². The number of amides is 1. The fraction of sp³-hybridized carbons (Fsp3) is 0.263. The van der Waals surface area contributed by atoms with Gasteiger partial charge in [-0.15, -0.1) is 0 Å². The quantitative estimate of drug-likeness (QED) is 0.797. The van der Waals surface area contributed by atoms with E-state index in [-0.39, 0.29) is 18.6 Å². The molecule has 2 aromatic carbocycles. The Labute approximate surface area is 136 Å². The van der Waals surface area contributed by atoms with Gasteiger partial charge in [0.05, 0.1) is 11.6 Å². The van der Waals surface area contributed by atoms with Crippen LogP contribution in [0.5, 0.6) is 5.75 Å². The van der Waals surface area contributed by atoms with Crippen LogP contribution in [-0.4, -0.2) is 18.8 Å². The Morgan fingerprint density at radius 1 is 1.17 bits per heavy atom. The molecule has 0 radical (unpaired) electrons. The molecule has 0 fully saturated rings. The highest BCUT2D eigenvalue weighted by Gasteiger charge is 2.13. The molecule has 120 valence electrons. The second-order valence-electron chi connectivity index (χ2n) is 5.38. The van der Waals surface area contributed by atoms with Crippen molar-refractivity contribution in [1.82, 2.24) is 5.32 Å². The van der Waals surface area contributed by atoms with Gasteiger partial charge < -0.3 is 10.1 Å². The highest BCUT2D eigenvalue weighted by Crippen LogP contribution is 2.18. The molecule has 0 unspecified atom stereocenters. The molecule has 4 heteroatoms. The summed E-state index contributed by atoms with van der Waals surface area (Å²) in [5, 5.41) is 2.96. The minimum absolute atomic E-state index is 0.0481. The van der Waals surface area contributed by atoms with Crippen molar-refractivity contribution >= 4 is 12.2 Å². The second-order valence-corrected chi connectivity index (χ2v) is 5.38. The van der Waals surface area contributed by atoms with E-state index in [0.717, 1.165) is 12.0 Å². The molecular formula is C19H21NO3. The lowest BCUT2D eigenvalue weighted by molar-refractivity contribution is -0.123. The van der Waals surface area contributed by atoms with Crippen LogP contribution in [0.15, 0.2) is 48.5 Å². The van der Waals surface area contributed by atoms with Crippen molar-refractivity contribution in [2.24, 2.45) is 0 Å². The van der Waals surface area contributed by atoms with Gasteiger partial charge in [0.2, 0.25) is 0 Å². The Morgan fingerprint density at radius 2 is 1.87 bits per heavy atom. The van der Waals surface area contributed by atoms with Crippen molar-refractivity contribution < 1.29 is 14.3 Å². The van der Waals surface area contributed by atoms with Gasteiger partial charge in [0.1, 0.15) is 5.75 Å². The van der Waals surface area contributed by atoms with Gasteiger partial charge in [-0.25, -0.2) is 0 Å². The van der Waals surface area contributed by atoms with Crippen LogP contribution in [-0.2, 0) is 4.79 Å². The number of hydrogen-bond acceptors (Lipinski definition) is 3. The number of aldehydes is 1. The standard InChI is InChI=1S/C19H21NO3/c1-3-17(15-10-8-14(2)9-11-15)20-19(22)13-23-18-7-5-4-6-16(18)12-21/h4-12,17H,3,13H2,1-2H3,(H,20,22)/t17-/m1/s1. The maximum Gasteiger partial charge on any atom is 0.258 e. The van der Waals surface area contributed by atoms with E-state index in [0.29, 0.717) is 17.6 Å². The molecule has 2 aromatic rings. The number of benzene rings is 2. The lowest BCUT2D eigenvalue weighted by atomic mass is 10.0. The van der Waals surface area contributed by atoms with E-state index < -0.39 is 0 Å². The lowest BCUT2D eigenvalue weighted by Gasteiger charge is -2.18. The van der Waals surface area contributed by atoms with Gasteiger partial charge in [-0.1, -0.05) is 48.9 Å². The van der Waals surface area contributed by atoms with Crippen molar-refractivity contribution in [2.75, 3.05) is 6.61 Å².